The van der Waals surface area contributed by atoms with Crippen LogP contribution in [0.2, 0.25) is 0 Å². The molecule has 1 aromatic heterocycles. The Bertz CT molecular complexity index is 1060. The maximum atomic E-state index is 13.0. The van der Waals surface area contributed by atoms with Crippen LogP contribution in [0.3, 0.4) is 0 Å². The fraction of sp³-hybridized carbons (Fsp3) is 0.273. The van der Waals surface area contributed by atoms with E-state index in [9.17, 15) is 22.7 Å². The molecule has 0 radical (unpaired) electrons. The minimum absolute atomic E-state index is 0.365. The topological polar surface area (TPSA) is 48.5 Å². The van der Waals surface area contributed by atoms with Gasteiger partial charge in [0.05, 0.1) is 10.8 Å². The van der Waals surface area contributed by atoms with Crippen molar-refractivity contribution < 1.29 is 31.5 Å². The van der Waals surface area contributed by atoms with Gasteiger partial charge in [-0.15, -0.1) is 0 Å². The third-order valence-corrected chi connectivity index (χ3v) is 6.01. The van der Waals surface area contributed by atoms with Gasteiger partial charge < -0.3 is 9.84 Å². The first-order valence-corrected chi connectivity index (χ1v) is 10.4. The van der Waals surface area contributed by atoms with Crippen LogP contribution >= 0.6 is 11.5 Å². The molecule has 0 amide bonds. The van der Waals surface area contributed by atoms with Crippen molar-refractivity contribution in [2.75, 3.05) is 0 Å². The Hall–Kier alpha value is -2.94. The Morgan fingerprint density at radius 1 is 1.00 bits per heavy atom. The van der Waals surface area contributed by atoms with Crippen LogP contribution in [0.4, 0.5) is 17.6 Å². The predicted octanol–water partition coefficient (Wildman–Crippen LogP) is 4.39. The van der Waals surface area contributed by atoms with Crippen LogP contribution < -0.4 is 13.9 Å². The van der Waals surface area contributed by atoms with Crippen LogP contribution in [0.15, 0.2) is 59.8 Å². The average Bonchev–Trinajstić information content (AvgIpc) is 3.16. The van der Waals surface area contributed by atoms with E-state index in [1.165, 1.54) is 46.2 Å². The van der Waals surface area contributed by atoms with Gasteiger partial charge in [0.2, 0.25) is 6.20 Å². The summed E-state index contributed by atoms with van der Waals surface area (Å²) in [6.45, 7) is 0. The zero-order chi connectivity index (χ0) is 22.0. The number of hydrogen-bond acceptors (Lipinski definition) is 4. The fourth-order valence-electron chi connectivity index (χ4n) is 3.33. The van der Waals surface area contributed by atoms with Gasteiger partial charge in [-0.2, -0.15) is 17.6 Å². The largest absolute Gasteiger partial charge is 0.854 e. The monoisotopic (exact) mass is 450 g/mol. The smallest absolute Gasteiger partial charge is 0.461 e. The number of ether oxygens (including phenoxy) is 1. The van der Waals surface area contributed by atoms with Gasteiger partial charge in [-0.1, -0.05) is 36.4 Å². The molecule has 0 saturated carbocycles. The molecule has 31 heavy (non-hydrogen) atoms. The molecule has 1 aliphatic carbocycles. The third kappa shape index (κ3) is 4.87. The Morgan fingerprint density at radius 2 is 1.61 bits per heavy atom. The zero-order valence-corrected chi connectivity index (χ0v) is 17.0. The number of benzene rings is 2. The number of nitrogens with zero attached hydrogens (tertiary/aromatic N) is 2. The molecule has 0 saturated heterocycles. The lowest BCUT2D eigenvalue weighted by atomic mass is 10.0. The summed E-state index contributed by atoms with van der Waals surface area (Å²) < 4.78 is 56.1. The third-order valence-electron chi connectivity index (χ3n) is 4.94. The maximum Gasteiger partial charge on any atom is 0.461 e. The summed E-state index contributed by atoms with van der Waals surface area (Å²) in [4.78, 5) is 1.27. The Labute approximate surface area is 180 Å². The zero-order valence-electron chi connectivity index (χ0n) is 16.2. The normalized spacial score (nSPS) is 14.5. The molecular formula is C22H18F4N2O2S. The highest BCUT2D eigenvalue weighted by molar-refractivity contribution is 7.01. The van der Waals surface area contributed by atoms with E-state index in [4.69, 9.17) is 0 Å². The summed E-state index contributed by atoms with van der Waals surface area (Å²) in [6, 6.07) is 12.0. The van der Waals surface area contributed by atoms with Crippen molar-refractivity contribution in [1.82, 2.24) is 0 Å². The lowest BCUT2D eigenvalue weighted by molar-refractivity contribution is -0.612. The summed E-state index contributed by atoms with van der Waals surface area (Å²) in [7, 11) is 0. The quantitative estimate of drug-likeness (QED) is 0.242. The van der Waals surface area contributed by atoms with Crippen molar-refractivity contribution in [2.24, 2.45) is 5.10 Å². The number of hydrogen-bond donors (Lipinski definition) is 0. The van der Waals surface area contributed by atoms with E-state index in [0.29, 0.717) is 11.1 Å². The van der Waals surface area contributed by atoms with E-state index in [1.54, 1.807) is 28.3 Å². The second-order valence-electron chi connectivity index (χ2n) is 7.15. The second-order valence-corrected chi connectivity index (χ2v) is 8.20. The number of fused-ring (bicyclic) bond motifs is 1. The van der Waals surface area contributed by atoms with Gasteiger partial charge in [0.15, 0.2) is 11.5 Å². The van der Waals surface area contributed by atoms with Gasteiger partial charge in [0, 0.05) is 14.7 Å². The lowest BCUT2D eigenvalue weighted by Gasteiger charge is -2.17. The molecule has 9 heteroatoms. The van der Waals surface area contributed by atoms with Crippen LogP contribution in [-0.2, 0) is 12.8 Å². The first-order chi connectivity index (χ1) is 14.8. The van der Waals surface area contributed by atoms with E-state index in [-0.39, 0.29) is 11.6 Å². The molecule has 0 fully saturated rings. The van der Waals surface area contributed by atoms with E-state index in [0.717, 1.165) is 31.2 Å². The number of halogens is 4. The summed E-state index contributed by atoms with van der Waals surface area (Å²) >= 11 is 1.48. The standard InChI is InChI=1S/C22H18F4N2O2S/c23-21(24)22(25,26)30-18-11-9-15(10-12-18)14-5-7-16(8-6-14)20(29)27-28-13-17-3-1-2-4-19(17)31-28/h5-13,21H,1-4H2. The molecule has 0 unspecified atom stereocenters. The molecule has 2 aromatic carbocycles. The highest BCUT2D eigenvalue weighted by Gasteiger charge is 2.43. The second kappa shape index (κ2) is 8.66. The fourth-order valence-corrected chi connectivity index (χ4v) is 4.36. The summed E-state index contributed by atoms with van der Waals surface area (Å²) in [5.74, 6) is -0.733. The first-order valence-electron chi connectivity index (χ1n) is 9.67. The van der Waals surface area contributed by atoms with Crippen molar-refractivity contribution in [2.45, 2.75) is 38.2 Å². The molecule has 4 rings (SSSR count). The number of aromatic nitrogens is 1. The molecule has 3 aromatic rings. The van der Waals surface area contributed by atoms with Gasteiger partial charge in [-0.05, 0) is 54.5 Å². The van der Waals surface area contributed by atoms with Gasteiger partial charge in [-0.25, -0.2) is 0 Å². The molecule has 1 aliphatic rings. The minimum Gasteiger partial charge on any atom is -0.854 e. The molecular weight excluding hydrogens is 432 g/mol. The number of aryl methyl sites for hydroxylation is 2. The summed E-state index contributed by atoms with van der Waals surface area (Å²) in [5.41, 5.74) is 3.05. The predicted molar refractivity (Wildman–Crippen MR) is 107 cm³/mol. The van der Waals surface area contributed by atoms with Gasteiger partial charge in [0.25, 0.3) is 0 Å². The molecule has 162 valence electrons. The number of alkyl halides is 4. The molecule has 0 bridgehead atoms. The van der Waals surface area contributed by atoms with Crippen LogP contribution in [-0.4, -0.2) is 18.4 Å². The Balaban J connectivity index is 1.47. The van der Waals surface area contributed by atoms with Gasteiger partial charge >= 0.3 is 12.5 Å². The lowest BCUT2D eigenvalue weighted by Crippen LogP contribution is -2.33. The highest BCUT2D eigenvalue weighted by atomic mass is 32.1. The average molecular weight is 450 g/mol. The highest BCUT2D eigenvalue weighted by Crippen LogP contribution is 2.29. The van der Waals surface area contributed by atoms with Crippen molar-refractivity contribution in [3.05, 3.63) is 70.7 Å². The maximum absolute atomic E-state index is 13.0. The SMILES string of the molecule is [O-]C(=N[n+]1cc2c(s1)CCCC2)c1ccc(-c2ccc(OC(F)(F)C(F)F)cc2)cc1. The van der Waals surface area contributed by atoms with E-state index in [2.05, 4.69) is 9.84 Å². The van der Waals surface area contributed by atoms with E-state index in [1.807, 2.05) is 6.20 Å². The van der Waals surface area contributed by atoms with Crippen molar-refractivity contribution >= 4 is 17.4 Å². The molecule has 0 atom stereocenters. The first kappa shape index (κ1) is 21.3. The van der Waals surface area contributed by atoms with Crippen LogP contribution in [0.25, 0.3) is 11.1 Å². The Morgan fingerprint density at radius 3 is 2.23 bits per heavy atom. The summed E-state index contributed by atoms with van der Waals surface area (Å²) in [6.07, 6.45) is -2.21. The van der Waals surface area contributed by atoms with E-state index >= 15 is 0 Å². The molecule has 0 aliphatic heterocycles. The Kier molecular flexibility index (Phi) is 5.95. The molecule has 0 spiro atoms. The number of rotatable bonds is 6. The van der Waals surface area contributed by atoms with Crippen LogP contribution in [0.5, 0.6) is 5.75 Å². The minimum atomic E-state index is -4.55. The van der Waals surface area contributed by atoms with Gasteiger partial charge in [-0.3, -0.25) is 0 Å². The van der Waals surface area contributed by atoms with Crippen molar-refractivity contribution in [3.63, 3.8) is 0 Å². The van der Waals surface area contributed by atoms with Crippen LogP contribution in [0.1, 0.15) is 28.8 Å². The van der Waals surface area contributed by atoms with Gasteiger partial charge in [0.1, 0.15) is 5.75 Å². The molecule has 1 heterocycles. The van der Waals surface area contributed by atoms with Crippen molar-refractivity contribution in [3.8, 4) is 16.9 Å². The van der Waals surface area contributed by atoms with Crippen LogP contribution in [0, 0.1) is 0 Å². The molecule has 4 nitrogen and oxygen atoms in total. The van der Waals surface area contributed by atoms with E-state index < -0.39 is 12.5 Å². The molecule has 0 N–H and O–H groups in total. The summed E-state index contributed by atoms with van der Waals surface area (Å²) in [5, 5.41) is 16.6. The van der Waals surface area contributed by atoms with Crippen molar-refractivity contribution in [1.29, 1.82) is 0 Å².